The SMILES string of the molecule is Cc1cccc(CCNC(C)c2ccc(O)cc2F)c1. The van der Waals surface area contributed by atoms with Crippen molar-refractivity contribution in [3.05, 3.63) is 65.0 Å². The van der Waals surface area contributed by atoms with E-state index >= 15 is 0 Å². The highest BCUT2D eigenvalue weighted by Crippen LogP contribution is 2.20. The van der Waals surface area contributed by atoms with E-state index in [9.17, 15) is 9.50 Å². The molecule has 3 heteroatoms. The van der Waals surface area contributed by atoms with Gasteiger partial charge in [-0.05, 0) is 38.4 Å². The molecule has 0 amide bonds. The molecule has 0 aromatic heterocycles. The van der Waals surface area contributed by atoms with Gasteiger partial charge in [-0.15, -0.1) is 0 Å². The second-order valence-electron chi connectivity index (χ2n) is 5.12. The van der Waals surface area contributed by atoms with Crippen LogP contribution in [0.2, 0.25) is 0 Å². The molecule has 0 bridgehead atoms. The largest absolute Gasteiger partial charge is 0.508 e. The fourth-order valence-corrected chi connectivity index (χ4v) is 2.28. The Labute approximate surface area is 119 Å². The van der Waals surface area contributed by atoms with Gasteiger partial charge in [0.15, 0.2) is 0 Å². The summed E-state index contributed by atoms with van der Waals surface area (Å²) in [5.41, 5.74) is 3.10. The number of aryl methyl sites for hydroxylation is 1. The molecule has 20 heavy (non-hydrogen) atoms. The van der Waals surface area contributed by atoms with Gasteiger partial charge in [-0.3, -0.25) is 0 Å². The lowest BCUT2D eigenvalue weighted by Crippen LogP contribution is -2.22. The van der Waals surface area contributed by atoms with Gasteiger partial charge < -0.3 is 10.4 Å². The summed E-state index contributed by atoms with van der Waals surface area (Å²) < 4.78 is 13.7. The molecule has 106 valence electrons. The van der Waals surface area contributed by atoms with Crippen molar-refractivity contribution in [2.75, 3.05) is 6.54 Å². The molecule has 0 radical (unpaired) electrons. The highest BCUT2D eigenvalue weighted by Gasteiger charge is 2.10. The van der Waals surface area contributed by atoms with E-state index in [1.165, 1.54) is 17.2 Å². The van der Waals surface area contributed by atoms with Crippen LogP contribution < -0.4 is 5.32 Å². The number of phenols is 1. The topological polar surface area (TPSA) is 32.3 Å². The normalized spacial score (nSPS) is 12.3. The summed E-state index contributed by atoms with van der Waals surface area (Å²) in [4.78, 5) is 0. The Hall–Kier alpha value is -1.87. The van der Waals surface area contributed by atoms with Crippen LogP contribution in [-0.4, -0.2) is 11.7 Å². The smallest absolute Gasteiger partial charge is 0.131 e. The van der Waals surface area contributed by atoms with Gasteiger partial charge in [0.25, 0.3) is 0 Å². The van der Waals surface area contributed by atoms with Crippen LogP contribution in [0, 0.1) is 12.7 Å². The lowest BCUT2D eigenvalue weighted by atomic mass is 10.1. The zero-order valence-electron chi connectivity index (χ0n) is 11.9. The highest BCUT2D eigenvalue weighted by molar-refractivity contribution is 5.29. The van der Waals surface area contributed by atoms with Crippen LogP contribution in [0.1, 0.15) is 29.7 Å². The number of hydrogen-bond acceptors (Lipinski definition) is 2. The average molecular weight is 273 g/mol. The molecule has 2 N–H and O–H groups in total. The monoisotopic (exact) mass is 273 g/mol. The van der Waals surface area contributed by atoms with Gasteiger partial charge in [-0.25, -0.2) is 4.39 Å². The maximum Gasteiger partial charge on any atom is 0.131 e. The molecule has 2 aromatic rings. The Morgan fingerprint density at radius 1 is 1.20 bits per heavy atom. The third-order valence-corrected chi connectivity index (χ3v) is 3.40. The molecule has 0 fully saturated rings. The minimum atomic E-state index is -0.374. The van der Waals surface area contributed by atoms with Crippen molar-refractivity contribution in [3.63, 3.8) is 0 Å². The number of nitrogens with one attached hydrogen (secondary N) is 1. The van der Waals surface area contributed by atoms with Gasteiger partial charge in [0, 0.05) is 17.7 Å². The maximum atomic E-state index is 13.7. The van der Waals surface area contributed by atoms with Gasteiger partial charge in [-0.2, -0.15) is 0 Å². The molecule has 0 saturated carbocycles. The second-order valence-corrected chi connectivity index (χ2v) is 5.12. The summed E-state index contributed by atoms with van der Waals surface area (Å²) in [7, 11) is 0. The predicted octanol–water partition coefficient (Wildman–Crippen LogP) is 3.73. The molecule has 0 aliphatic heterocycles. The molecular weight excluding hydrogens is 253 g/mol. The van der Waals surface area contributed by atoms with Crippen LogP contribution in [0.4, 0.5) is 4.39 Å². The van der Waals surface area contributed by atoms with Gasteiger partial charge in [-0.1, -0.05) is 35.9 Å². The van der Waals surface area contributed by atoms with Gasteiger partial charge >= 0.3 is 0 Å². The Kier molecular flexibility index (Phi) is 4.74. The van der Waals surface area contributed by atoms with E-state index in [0.717, 1.165) is 19.0 Å². The minimum absolute atomic E-state index is 0.0433. The quantitative estimate of drug-likeness (QED) is 0.870. The van der Waals surface area contributed by atoms with Gasteiger partial charge in [0.2, 0.25) is 0 Å². The van der Waals surface area contributed by atoms with Crippen LogP contribution >= 0.6 is 0 Å². The first-order valence-electron chi connectivity index (χ1n) is 6.83. The van der Waals surface area contributed by atoms with Crippen LogP contribution in [0.3, 0.4) is 0 Å². The molecule has 0 spiro atoms. The Balaban J connectivity index is 1.90. The molecule has 0 saturated heterocycles. The Bertz CT molecular complexity index is 583. The third kappa shape index (κ3) is 3.81. The minimum Gasteiger partial charge on any atom is -0.508 e. The number of phenolic OH excluding ortho intramolecular Hbond substituents is 1. The molecule has 1 unspecified atom stereocenters. The number of benzene rings is 2. The van der Waals surface area contributed by atoms with Crippen molar-refractivity contribution in [2.24, 2.45) is 0 Å². The maximum absolute atomic E-state index is 13.7. The first-order valence-corrected chi connectivity index (χ1v) is 6.83. The summed E-state index contributed by atoms with van der Waals surface area (Å²) in [5, 5.41) is 12.5. The fourth-order valence-electron chi connectivity index (χ4n) is 2.28. The van der Waals surface area contributed by atoms with E-state index in [4.69, 9.17) is 0 Å². The molecule has 2 aromatic carbocycles. The lowest BCUT2D eigenvalue weighted by molar-refractivity contribution is 0.464. The van der Waals surface area contributed by atoms with Crippen molar-refractivity contribution in [2.45, 2.75) is 26.3 Å². The van der Waals surface area contributed by atoms with E-state index in [0.29, 0.717) is 5.56 Å². The van der Waals surface area contributed by atoms with E-state index in [-0.39, 0.29) is 17.6 Å². The van der Waals surface area contributed by atoms with Crippen LogP contribution in [0.15, 0.2) is 42.5 Å². The third-order valence-electron chi connectivity index (χ3n) is 3.40. The molecule has 2 rings (SSSR count). The first kappa shape index (κ1) is 14.5. The summed E-state index contributed by atoms with van der Waals surface area (Å²) in [5.74, 6) is -0.418. The number of rotatable bonds is 5. The molecule has 0 aliphatic rings. The lowest BCUT2D eigenvalue weighted by Gasteiger charge is -2.15. The van der Waals surface area contributed by atoms with Crippen LogP contribution in [-0.2, 0) is 6.42 Å². The average Bonchev–Trinajstić information content (AvgIpc) is 2.38. The van der Waals surface area contributed by atoms with Crippen molar-refractivity contribution >= 4 is 0 Å². The van der Waals surface area contributed by atoms with E-state index in [1.54, 1.807) is 6.07 Å². The predicted molar refractivity (Wildman–Crippen MR) is 79.4 cm³/mol. The highest BCUT2D eigenvalue weighted by atomic mass is 19.1. The van der Waals surface area contributed by atoms with E-state index in [1.807, 2.05) is 13.0 Å². The zero-order valence-corrected chi connectivity index (χ0v) is 11.9. The molecule has 0 aliphatic carbocycles. The molecule has 0 heterocycles. The van der Waals surface area contributed by atoms with Crippen molar-refractivity contribution in [1.29, 1.82) is 0 Å². The van der Waals surface area contributed by atoms with Crippen molar-refractivity contribution < 1.29 is 9.50 Å². The molecular formula is C17H20FNO. The van der Waals surface area contributed by atoms with Crippen molar-refractivity contribution in [1.82, 2.24) is 5.32 Å². The Morgan fingerprint density at radius 3 is 2.70 bits per heavy atom. The van der Waals surface area contributed by atoms with Crippen LogP contribution in [0.5, 0.6) is 5.75 Å². The number of aromatic hydroxyl groups is 1. The van der Waals surface area contributed by atoms with Crippen molar-refractivity contribution in [3.8, 4) is 5.75 Å². The fraction of sp³-hybridized carbons (Fsp3) is 0.294. The second kappa shape index (κ2) is 6.53. The summed E-state index contributed by atoms with van der Waals surface area (Å²) >= 11 is 0. The number of halogens is 1. The van der Waals surface area contributed by atoms with E-state index in [2.05, 4.69) is 30.4 Å². The summed E-state index contributed by atoms with van der Waals surface area (Å²) in [6.07, 6.45) is 0.908. The zero-order chi connectivity index (χ0) is 14.5. The van der Waals surface area contributed by atoms with Crippen LogP contribution in [0.25, 0.3) is 0 Å². The van der Waals surface area contributed by atoms with Gasteiger partial charge in [0.1, 0.15) is 11.6 Å². The summed E-state index contributed by atoms with van der Waals surface area (Å²) in [6.45, 7) is 4.78. The summed E-state index contributed by atoms with van der Waals surface area (Å²) in [6, 6.07) is 12.6. The van der Waals surface area contributed by atoms with E-state index < -0.39 is 0 Å². The molecule has 1 atom stereocenters. The number of hydrogen-bond donors (Lipinski definition) is 2. The van der Waals surface area contributed by atoms with Gasteiger partial charge in [0.05, 0.1) is 0 Å². The Morgan fingerprint density at radius 2 is 2.00 bits per heavy atom. The standard InChI is InChI=1S/C17H20FNO/c1-12-4-3-5-14(10-12)8-9-19-13(2)16-7-6-15(20)11-17(16)18/h3-7,10-11,13,19-20H,8-9H2,1-2H3. The molecule has 2 nitrogen and oxygen atoms in total. The first-order chi connectivity index (χ1) is 9.56.